The molecule has 6 nitrogen and oxygen atoms in total. The summed E-state index contributed by atoms with van der Waals surface area (Å²) in [6.07, 6.45) is 0.841. The van der Waals surface area contributed by atoms with E-state index in [1.807, 2.05) is 75.6 Å². The van der Waals surface area contributed by atoms with Gasteiger partial charge in [-0.3, -0.25) is 4.79 Å². The zero-order valence-corrected chi connectivity index (χ0v) is 25.7. The average Bonchev–Trinajstić information content (AvgIpc) is 3.00. The second kappa shape index (κ2) is 13.8. The SMILES string of the molecule is C=c1ccc2c(c1)Oc1cc(N(C)C)ccc1C=2c1ccc(C(=O)NCCOCCOc2ccc(CCCl)cc2)cc1C. The molecule has 222 valence electrons. The number of hydrogen-bond acceptors (Lipinski definition) is 5. The Morgan fingerprint density at radius 2 is 1.70 bits per heavy atom. The van der Waals surface area contributed by atoms with Gasteiger partial charge in [-0.25, -0.2) is 0 Å². The minimum atomic E-state index is -0.137. The topological polar surface area (TPSA) is 60.0 Å². The van der Waals surface area contributed by atoms with Crippen molar-refractivity contribution in [2.24, 2.45) is 0 Å². The monoisotopic (exact) mass is 596 g/mol. The number of halogens is 1. The van der Waals surface area contributed by atoms with Crippen LogP contribution in [0.1, 0.15) is 32.6 Å². The molecule has 0 saturated carbocycles. The quantitative estimate of drug-likeness (QED) is 0.154. The van der Waals surface area contributed by atoms with Crippen LogP contribution in [0, 0.1) is 6.92 Å². The van der Waals surface area contributed by atoms with Crippen LogP contribution in [-0.2, 0) is 11.2 Å². The number of rotatable bonds is 12. The number of hydrogen-bond donors (Lipinski definition) is 1. The summed E-state index contributed by atoms with van der Waals surface area (Å²) in [6, 6.07) is 26.0. The minimum Gasteiger partial charge on any atom is -0.491 e. The molecule has 1 aliphatic rings. The van der Waals surface area contributed by atoms with Gasteiger partial charge in [0.1, 0.15) is 23.9 Å². The smallest absolute Gasteiger partial charge is 0.251 e. The zero-order chi connectivity index (χ0) is 30.3. The highest BCUT2D eigenvalue weighted by Crippen LogP contribution is 2.39. The Hall–Kier alpha value is -4.26. The van der Waals surface area contributed by atoms with Gasteiger partial charge in [-0.2, -0.15) is 0 Å². The molecule has 0 atom stereocenters. The number of aryl methyl sites for hydroxylation is 2. The van der Waals surface area contributed by atoms with E-state index in [0.717, 1.165) is 62.1 Å². The molecule has 1 N–H and O–H groups in total. The first-order valence-electron chi connectivity index (χ1n) is 14.4. The number of nitrogens with one attached hydrogen (secondary N) is 1. The highest BCUT2D eigenvalue weighted by atomic mass is 35.5. The van der Waals surface area contributed by atoms with Crippen LogP contribution in [-0.4, -0.2) is 52.2 Å². The summed E-state index contributed by atoms with van der Waals surface area (Å²) in [5, 5.41) is 4.84. The van der Waals surface area contributed by atoms with E-state index in [1.54, 1.807) is 0 Å². The molecule has 4 aromatic rings. The molecule has 5 rings (SSSR count). The molecule has 4 aromatic carbocycles. The van der Waals surface area contributed by atoms with Crippen LogP contribution in [0.25, 0.3) is 12.2 Å². The lowest BCUT2D eigenvalue weighted by Gasteiger charge is -2.24. The van der Waals surface area contributed by atoms with E-state index in [-0.39, 0.29) is 5.91 Å². The Morgan fingerprint density at radius 3 is 2.44 bits per heavy atom. The number of carbonyl (C=O) groups is 1. The Kier molecular flexibility index (Phi) is 9.70. The van der Waals surface area contributed by atoms with Crippen molar-refractivity contribution in [1.29, 1.82) is 0 Å². The van der Waals surface area contributed by atoms with Crippen molar-refractivity contribution in [3.05, 3.63) is 117 Å². The molecule has 1 aliphatic heterocycles. The fourth-order valence-electron chi connectivity index (χ4n) is 5.10. The van der Waals surface area contributed by atoms with Crippen molar-refractivity contribution in [2.45, 2.75) is 13.3 Å². The lowest BCUT2D eigenvalue weighted by molar-refractivity contribution is 0.0867. The lowest BCUT2D eigenvalue weighted by Crippen LogP contribution is -2.28. The second-order valence-corrected chi connectivity index (χ2v) is 11.1. The third-order valence-electron chi connectivity index (χ3n) is 7.38. The third kappa shape index (κ3) is 7.22. The maximum atomic E-state index is 12.9. The van der Waals surface area contributed by atoms with Gasteiger partial charge in [0.25, 0.3) is 5.91 Å². The summed E-state index contributed by atoms with van der Waals surface area (Å²) in [5.41, 5.74) is 6.98. The summed E-state index contributed by atoms with van der Waals surface area (Å²) in [4.78, 5) is 15.0. The van der Waals surface area contributed by atoms with Crippen LogP contribution in [0.3, 0.4) is 0 Å². The Bertz CT molecular complexity index is 1720. The number of amides is 1. The first-order valence-corrected chi connectivity index (χ1v) is 14.9. The average molecular weight is 597 g/mol. The molecule has 1 amide bonds. The van der Waals surface area contributed by atoms with Gasteiger partial charge in [0.05, 0.1) is 13.2 Å². The number of anilines is 1. The third-order valence-corrected chi connectivity index (χ3v) is 7.57. The van der Waals surface area contributed by atoms with Crippen molar-refractivity contribution in [3.8, 4) is 17.2 Å². The first-order chi connectivity index (χ1) is 20.8. The molecule has 43 heavy (non-hydrogen) atoms. The Balaban J connectivity index is 1.21. The van der Waals surface area contributed by atoms with Crippen LogP contribution in [0.2, 0.25) is 0 Å². The van der Waals surface area contributed by atoms with Gasteiger partial charge in [-0.1, -0.05) is 36.9 Å². The zero-order valence-electron chi connectivity index (χ0n) is 24.9. The van der Waals surface area contributed by atoms with E-state index in [2.05, 4.69) is 41.1 Å². The van der Waals surface area contributed by atoms with E-state index in [9.17, 15) is 4.79 Å². The van der Waals surface area contributed by atoms with Gasteiger partial charge in [0.2, 0.25) is 0 Å². The maximum Gasteiger partial charge on any atom is 0.251 e. The summed E-state index contributed by atoms with van der Waals surface area (Å²) in [6.45, 7) is 7.79. The van der Waals surface area contributed by atoms with Crippen molar-refractivity contribution in [3.63, 3.8) is 0 Å². The first kappa shape index (κ1) is 30.2. The molecule has 0 unspecified atom stereocenters. The molecule has 0 spiro atoms. The molecular weight excluding hydrogens is 560 g/mol. The summed E-state index contributed by atoms with van der Waals surface area (Å²) < 4.78 is 17.7. The number of nitrogens with zero attached hydrogens (tertiary/aromatic N) is 1. The summed E-state index contributed by atoms with van der Waals surface area (Å²) in [5.74, 6) is 2.83. The highest BCUT2D eigenvalue weighted by molar-refractivity contribution is 6.18. The van der Waals surface area contributed by atoms with Gasteiger partial charge < -0.3 is 24.4 Å². The lowest BCUT2D eigenvalue weighted by atomic mass is 9.89. The molecule has 0 aliphatic carbocycles. The van der Waals surface area contributed by atoms with Gasteiger partial charge in [-0.05, 0) is 77.7 Å². The maximum absolute atomic E-state index is 12.9. The van der Waals surface area contributed by atoms with Crippen molar-refractivity contribution in [1.82, 2.24) is 5.32 Å². The second-order valence-electron chi connectivity index (χ2n) is 10.7. The van der Waals surface area contributed by atoms with Crippen LogP contribution in [0.5, 0.6) is 17.2 Å². The predicted octanol–water partition coefficient (Wildman–Crippen LogP) is 5.43. The number of ether oxygens (including phenoxy) is 3. The van der Waals surface area contributed by atoms with Crippen molar-refractivity contribution < 1.29 is 19.0 Å². The molecule has 0 fully saturated rings. The summed E-state index contributed by atoms with van der Waals surface area (Å²) >= 11 is 5.78. The van der Waals surface area contributed by atoms with Crippen molar-refractivity contribution in [2.75, 3.05) is 51.2 Å². The highest BCUT2D eigenvalue weighted by Gasteiger charge is 2.22. The number of fused-ring (bicyclic) bond motifs is 2. The van der Waals surface area contributed by atoms with Gasteiger partial charge >= 0.3 is 0 Å². The van der Waals surface area contributed by atoms with Gasteiger partial charge in [-0.15, -0.1) is 11.6 Å². The van der Waals surface area contributed by atoms with E-state index in [1.165, 1.54) is 5.56 Å². The minimum absolute atomic E-state index is 0.137. The normalized spacial score (nSPS) is 11.8. The molecule has 1 heterocycles. The Labute approximate surface area is 258 Å². The predicted molar refractivity (Wildman–Crippen MR) is 174 cm³/mol. The van der Waals surface area contributed by atoms with E-state index in [0.29, 0.717) is 37.8 Å². The molecular formula is C36H37ClN2O4. The largest absolute Gasteiger partial charge is 0.491 e. The van der Waals surface area contributed by atoms with Crippen LogP contribution in [0.15, 0.2) is 78.9 Å². The summed E-state index contributed by atoms with van der Waals surface area (Å²) in [7, 11) is 4.02. The van der Waals surface area contributed by atoms with Crippen LogP contribution in [0.4, 0.5) is 5.69 Å². The molecule has 0 radical (unpaired) electrons. The van der Waals surface area contributed by atoms with Crippen LogP contribution >= 0.6 is 11.6 Å². The van der Waals surface area contributed by atoms with E-state index >= 15 is 0 Å². The standard InChI is InChI=1S/C36H37ClN2O4/c1-24-5-12-31-33(21-24)43-34-23-28(39(3)4)9-14-32(34)35(31)30-13-8-27(22-25(30)2)36(40)38-17-18-41-19-20-42-29-10-6-26(7-11-29)15-16-37/h5-14,21-23H,1,15-20H2,2-4H3,(H,38,40). The van der Waals surface area contributed by atoms with Gasteiger partial charge in [0, 0.05) is 60.2 Å². The number of alkyl halides is 1. The molecule has 0 bridgehead atoms. The van der Waals surface area contributed by atoms with E-state index < -0.39 is 0 Å². The number of benzene rings is 4. The fraction of sp³-hybridized carbons (Fsp3) is 0.250. The molecule has 0 aromatic heterocycles. The van der Waals surface area contributed by atoms with Crippen molar-refractivity contribution >= 4 is 35.3 Å². The Morgan fingerprint density at radius 1 is 0.907 bits per heavy atom. The fourth-order valence-corrected chi connectivity index (χ4v) is 5.32. The molecule has 0 saturated heterocycles. The van der Waals surface area contributed by atoms with Crippen LogP contribution < -0.4 is 30.1 Å². The molecule has 7 heteroatoms. The van der Waals surface area contributed by atoms with E-state index in [4.69, 9.17) is 25.8 Å². The van der Waals surface area contributed by atoms with Gasteiger partial charge in [0.15, 0.2) is 0 Å². The number of carbonyl (C=O) groups excluding carboxylic acids is 1.